The van der Waals surface area contributed by atoms with Gasteiger partial charge >= 0.3 is 0 Å². The van der Waals surface area contributed by atoms with Crippen LogP contribution in [0.4, 0.5) is 0 Å². The zero-order chi connectivity index (χ0) is 21.4. The lowest BCUT2D eigenvalue weighted by Gasteiger charge is -2.22. The van der Waals surface area contributed by atoms with Gasteiger partial charge in [0.15, 0.2) is 0 Å². The Labute approximate surface area is 176 Å². The van der Waals surface area contributed by atoms with Crippen LogP contribution in [0.3, 0.4) is 0 Å². The number of hydrogen-bond donors (Lipinski definition) is 3. The molecule has 0 saturated heterocycles. The van der Waals surface area contributed by atoms with Gasteiger partial charge in [-0.05, 0) is 48.7 Å². The van der Waals surface area contributed by atoms with Crippen LogP contribution in [-0.4, -0.2) is 36.9 Å². The van der Waals surface area contributed by atoms with Crippen molar-refractivity contribution in [2.75, 3.05) is 13.1 Å². The Bertz CT molecular complexity index is 866. The first kappa shape index (κ1) is 22.4. The van der Waals surface area contributed by atoms with E-state index in [1.807, 2.05) is 32.9 Å². The summed E-state index contributed by atoms with van der Waals surface area (Å²) in [6.45, 7) is 6.10. The molecule has 1 atom stereocenters. The van der Waals surface area contributed by atoms with Crippen molar-refractivity contribution in [3.05, 3.63) is 70.2 Å². The second-order valence-electron chi connectivity index (χ2n) is 7.06. The van der Waals surface area contributed by atoms with Gasteiger partial charge in [-0.3, -0.25) is 14.4 Å². The lowest BCUT2D eigenvalue weighted by atomic mass is 10.0. The predicted molar refractivity (Wildman–Crippen MR) is 114 cm³/mol. The van der Waals surface area contributed by atoms with Crippen LogP contribution in [0.2, 0.25) is 5.02 Å². The maximum atomic E-state index is 12.5. The molecule has 6 nitrogen and oxygen atoms in total. The zero-order valence-corrected chi connectivity index (χ0v) is 17.5. The van der Waals surface area contributed by atoms with Gasteiger partial charge in [0.2, 0.25) is 5.91 Å². The summed E-state index contributed by atoms with van der Waals surface area (Å²) in [4.78, 5) is 37.1. The topological polar surface area (TPSA) is 87.3 Å². The predicted octanol–water partition coefficient (Wildman–Crippen LogP) is 2.95. The Morgan fingerprint density at radius 3 is 2.14 bits per heavy atom. The molecule has 0 heterocycles. The Morgan fingerprint density at radius 2 is 1.52 bits per heavy atom. The molecule has 0 aromatic heterocycles. The summed E-state index contributed by atoms with van der Waals surface area (Å²) in [6, 6.07) is 13.1. The number of nitrogens with one attached hydrogen (secondary N) is 3. The molecule has 29 heavy (non-hydrogen) atoms. The fraction of sp³-hybridized carbons (Fsp3) is 0.318. The van der Waals surface area contributed by atoms with Crippen LogP contribution < -0.4 is 16.0 Å². The summed E-state index contributed by atoms with van der Waals surface area (Å²) < 4.78 is 0. The third kappa shape index (κ3) is 6.61. The minimum absolute atomic E-state index is 0.0911. The van der Waals surface area contributed by atoms with E-state index < -0.39 is 6.04 Å². The molecular formula is C22H26ClN3O3. The molecular weight excluding hydrogens is 390 g/mol. The highest BCUT2D eigenvalue weighted by Crippen LogP contribution is 2.10. The molecule has 3 N–H and O–H groups in total. The van der Waals surface area contributed by atoms with Crippen LogP contribution in [0.25, 0.3) is 0 Å². The number of hydrogen-bond acceptors (Lipinski definition) is 3. The average molecular weight is 416 g/mol. The summed E-state index contributed by atoms with van der Waals surface area (Å²) in [7, 11) is 0. The van der Waals surface area contributed by atoms with E-state index in [9.17, 15) is 14.4 Å². The molecule has 0 spiro atoms. The molecule has 2 aromatic rings. The van der Waals surface area contributed by atoms with Gasteiger partial charge in [-0.25, -0.2) is 0 Å². The quantitative estimate of drug-likeness (QED) is 0.579. The highest BCUT2D eigenvalue weighted by molar-refractivity contribution is 6.30. The van der Waals surface area contributed by atoms with Crippen LogP contribution in [0.1, 0.15) is 40.1 Å². The number of benzene rings is 2. The summed E-state index contributed by atoms with van der Waals surface area (Å²) in [5.74, 6) is -0.911. The molecule has 2 aromatic carbocycles. The fourth-order valence-corrected chi connectivity index (χ4v) is 2.88. The number of carbonyl (C=O) groups is 3. The van der Waals surface area contributed by atoms with Crippen LogP contribution in [0.15, 0.2) is 48.5 Å². The maximum Gasteiger partial charge on any atom is 0.252 e. The fourth-order valence-electron chi connectivity index (χ4n) is 2.76. The van der Waals surface area contributed by atoms with Crippen molar-refractivity contribution in [2.45, 2.75) is 26.8 Å². The van der Waals surface area contributed by atoms with E-state index in [0.29, 0.717) is 16.1 Å². The van der Waals surface area contributed by atoms with E-state index in [4.69, 9.17) is 11.6 Å². The summed E-state index contributed by atoms with van der Waals surface area (Å²) in [5, 5.41) is 8.85. The van der Waals surface area contributed by atoms with Crippen molar-refractivity contribution in [1.82, 2.24) is 16.0 Å². The molecule has 1 unspecified atom stereocenters. The smallest absolute Gasteiger partial charge is 0.252 e. The molecule has 0 bridgehead atoms. The third-order valence-corrected chi connectivity index (χ3v) is 4.69. The Kier molecular flexibility index (Phi) is 8.21. The molecule has 0 saturated carbocycles. The first-order valence-corrected chi connectivity index (χ1v) is 9.85. The molecule has 0 aliphatic rings. The third-order valence-electron chi connectivity index (χ3n) is 4.44. The molecule has 7 heteroatoms. The van der Waals surface area contributed by atoms with Gasteiger partial charge in [-0.15, -0.1) is 0 Å². The van der Waals surface area contributed by atoms with Gasteiger partial charge < -0.3 is 16.0 Å². The molecule has 154 valence electrons. The molecule has 3 amide bonds. The molecule has 0 aliphatic carbocycles. The Hall–Kier alpha value is -2.86. The lowest BCUT2D eigenvalue weighted by molar-refractivity contribution is -0.123. The van der Waals surface area contributed by atoms with Gasteiger partial charge in [-0.2, -0.15) is 0 Å². The van der Waals surface area contributed by atoms with Gasteiger partial charge in [0, 0.05) is 29.2 Å². The van der Waals surface area contributed by atoms with Crippen molar-refractivity contribution in [2.24, 2.45) is 5.92 Å². The van der Waals surface area contributed by atoms with Crippen LogP contribution in [0.5, 0.6) is 0 Å². The van der Waals surface area contributed by atoms with Crippen molar-refractivity contribution in [3.63, 3.8) is 0 Å². The molecule has 0 radical (unpaired) electrons. The number of amides is 3. The highest BCUT2D eigenvalue weighted by Gasteiger charge is 2.24. The van der Waals surface area contributed by atoms with Gasteiger partial charge in [0.05, 0.1) is 0 Å². The molecule has 2 rings (SSSR count). The Morgan fingerprint density at radius 1 is 0.897 bits per heavy atom. The summed E-state index contributed by atoms with van der Waals surface area (Å²) in [6.07, 6.45) is 0. The summed E-state index contributed by atoms with van der Waals surface area (Å²) in [5.41, 5.74) is 1.88. The van der Waals surface area contributed by atoms with E-state index in [0.717, 1.165) is 5.56 Å². The second kappa shape index (κ2) is 10.6. The number of halogens is 1. The van der Waals surface area contributed by atoms with Crippen LogP contribution in [0, 0.1) is 12.8 Å². The van der Waals surface area contributed by atoms with Gasteiger partial charge in [-0.1, -0.05) is 43.6 Å². The Balaban J connectivity index is 1.84. The van der Waals surface area contributed by atoms with E-state index in [1.54, 1.807) is 36.4 Å². The number of carbonyl (C=O) groups excluding carboxylic acids is 3. The highest BCUT2D eigenvalue weighted by atomic mass is 35.5. The number of rotatable bonds is 8. The van der Waals surface area contributed by atoms with Crippen molar-refractivity contribution >= 4 is 29.3 Å². The van der Waals surface area contributed by atoms with Crippen molar-refractivity contribution in [3.8, 4) is 0 Å². The van der Waals surface area contributed by atoms with E-state index in [-0.39, 0.29) is 36.7 Å². The minimum Gasteiger partial charge on any atom is -0.353 e. The standard InChI is InChI=1S/C22H26ClN3O3/c1-14(2)19(26-21(28)18-7-5-4-6-15(18)3)22(29)25-13-12-24-20(27)16-8-10-17(23)11-9-16/h4-11,14,19H,12-13H2,1-3H3,(H,24,27)(H,25,29)(H,26,28). The van der Waals surface area contributed by atoms with Gasteiger partial charge in [0.25, 0.3) is 11.8 Å². The maximum absolute atomic E-state index is 12.5. The van der Waals surface area contributed by atoms with E-state index >= 15 is 0 Å². The zero-order valence-electron chi connectivity index (χ0n) is 16.8. The lowest BCUT2D eigenvalue weighted by Crippen LogP contribution is -2.51. The second-order valence-corrected chi connectivity index (χ2v) is 7.50. The largest absolute Gasteiger partial charge is 0.353 e. The average Bonchev–Trinajstić information content (AvgIpc) is 2.69. The SMILES string of the molecule is Cc1ccccc1C(=O)NC(C(=O)NCCNC(=O)c1ccc(Cl)cc1)C(C)C. The van der Waals surface area contributed by atoms with Gasteiger partial charge in [0.1, 0.15) is 6.04 Å². The van der Waals surface area contributed by atoms with E-state index in [1.165, 1.54) is 0 Å². The summed E-state index contributed by atoms with van der Waals surface area (Å²) >= 11 is 5.81. The first-order chi connectivity index (χ1) is 13.8. The van der Waals surface area contributed by atoms with Crippen LogP contribution >= 0.6 is 11.6 Å². The van der Waals surface area contributed by atoms with Crippen LogP contribution in [-0.2, 0) is 4.79 Å². The van der Waals surface area contributed by atoms with Crippen molar-refractivity contribution in [1.29, 1.82) is 0 Å². The minimum atomic E-state index is -0.672. The normalized spacial score (nSPS) is 11.6. The monoisotopic (exact) mass is 415 g/mol. The molecule has 0 aliphatic heterocycles. The van der Waals surface area contributed by atoms with E-state index in [2.05, 4.69) is 16.0 Å². The number of aryl methyl sites for hydroxylation is 1. The first-order valence-electron chi connectivity index (χ1n) is 9.47. The molecule has 0 fully saturated rings. The van der Waals surface area contributed by atoms with Crippen molar-refractivity contribution < 1.29 is 14.4 Å².